The van der Waals surface area contributed by atoms with Gasteiger partial charge in [-0.15, -0.1) is 0 Å². The normalized spacial score (nSPS) is 11.8. The number of aryl methyl sites for hydroxylation is 2. The van der Waals surface area contributed by atoms with Gasteiger partial charge in [-0.2, -0.15) is 0 Å². The lowest BCUT2D eigenvalue weighted by Crippen LogP contribution is -2.26. The van der Waals surface area contributed by atoms with E-state index in [0.717, 1.165) is 11.1 Å². The number of halogens is 1. The molecule has 2 aromatic heterocycles. The molecule has 0 aliphatic carbocycles. The van der Waals surface area contributed by atoms with E-state index in [9.17, 15) is 12.8 Å². The van der Waals surface area contributed by atoms with Gasteiger partial charge in [0.2, 0.25) is 10.0 Å². The summed E-state index contributed by atoms with van der Waals surface area (Å²) >= 11 is 0. The van der Waals surface area contributed by atoms with E-state index in [1.165, 1.54) is 19.4 Å². The highest BCUT2D eigenvalue weighted by molar-refractivity contribution is 7.89. The number of imidazole rings is 1. The van der Waals surface area contributed by atoms with Crippen LogP contribution in [0.2, 0.25) is 0 Å². The fraction of sp³-hybridized carbons (Fsp3) is 0.278. The molecule has 1 aromatic carbocycles. The first-order chi connectivity index (χ1) is 12.3. The van der Waals surface area contributed by atoms with Gasteiger partial charge < -0.3 is 9.14 Å². The molecule has 0 saturated carbocycles. The summed E-state index contributed by atoms with van der Waals surface area (Å²) in [5.41, 5.74) is 3.11. The summed E-state index contributed by atoms with van der Waals surface area (Å²) in [4.78, 5) is 4.45. The van der Waals surface area contributed by atoms with Gasteiger partial charge in [-0.05, 0) is 49.2 Å². The number of hydrogen-bond acceptors (Lipinski definition) is 4. The maximum absolute atomic E-state index is 13.2. The van der Waals surface area contributed by atoms with E-state index in [2.05, 4.69) is 9.71 Å². The summed E-state index contributed by atoms with van der Waals surface area (Å²) in [6, 6.07) is 6.22. The second-order valence-corrected chi connectivity index (χ2v) is 7.82. The minimum absolute atomic E-state index is 0.111. The molecule has 3 aromatic rings. The van der Waals surface area contributed by atoms with Crippen LogP contribution in [0.25, 0.3) is 5.65 Å². The monoisotopic (exact) mass is 377 g/mol. The van der Waals surface area contributed by atoms with E-state index in [0.29, 0.717) is 23.5 Å². The molecule has 8 heteroatoms. The fourth-order valence-corrected chi connectivity index (χ4v) is 3.93. The van der Waals surface area contributed by atoms with Crippen molar-refractivity contribution >= 4 is 15.7 Å². The number of aromatic nitrogens is 2. The van der Waals surface area contributed by atoms with Crippen molar-refractivity contribution in [3.63, 3.8) is 0 Å². The molecular formula is C18H20FN3O3S. The van der Waals surface area contributed by atoms with Crippen LogP contribution < -0.4 is 9.46 Å². The van der Waals surface area contributed by atoms with Crippen LogP contribution in [-0.4, -0.2) is 31.5 Å². The molecule has 0 unspecified atom stereocenters. The Hall–Kier alpha value is -2.45. The Morgan fingerprint density at radius 1 is 1.19 bits per heavy atom. The Labute approximate surface area is 151 Å². The molecule has 0 aliphatic rings. The lowest BCUT2D eigenvalue weighted by Gasteiger charge is -2.13. The van der Waals surface area contributed by atoms with Gasteiger partial charge in [0.1, 0.15) is 22.1 Å². The van der Waals surface area contributed by atoms with Crippen molar-refractivity contribution in [3.8, 4) is 5.75 Å². The van der Waals surface area contributed by atoms with Gasteiger partial charge in [0, 0.05) is 25.4 Å². The highest BCUT2D eigenvalue weighted by atomic mass is 32.2. The van der Waals surface area contributed by atoms with E-state index in [-0.39, 0.29) is 17.3 Å². The van der Waals surface area contributed by atoms with Gasteiger partial charge >= 0.3 is 0 Å². The first-order valence-corrected chi connectivity index (χ1v) is 9.56. The predicted octanol–water partition coefficient (Wildman–Crippen LogP) is 2.62. The third-order valence-electron chi connectivity index (χ3n) is 4.21. The number of ether oxygens (including phenoxy) is 1. The lowest BCUT2D eigenvalue weighted by molar-refractivity contribution is 0.402. The second-order valence-electron chi connectivity index (χ2n) is 6.08. The lowest BCUT2D eigenvalue weighted by atomic mass is 10.1. The predicted molar refractivity (Wildman–Crippen MR) is 96.5 cm³/mol. The summed E-state index contributed by atoms with van der Waals surface area (Å²) in [6.45, 7) is 3.92. The van der Waals surface area contributed by atoms with E-state index in [1.807, 2.05) is 13.8 Å². The van der Waals surface area contributed by atoms with Crippen molar-refractivity contribution in [1.82, 2.24) is 14.1 Å². The molecule has 0 radical (unpaired) electrons. The van der Waals surface area contributed by atoms with Crippen LogP contribution in [0.3, 0.4) is 0 Å². The average molecular weight is 377 g/mol. The largest absolute Gasteiger partial charge is 0.495 e. The maximum atomic E-state index is 13.2. The molecule has 0 bridgehead atoms. The number of hydrogen-bond donors (Lipinski definition) is 1. The molecule has 0 fully saturated rings. The Morgan fingerprint density at radius 2 is 1.92 bits per heavy atom. The number of benzene rings is 1. The quantitative estimate of drug-likeness (QED) is 0.717. The van der Waals surface area contributed by atoms with Gasteiger partial charge in [-0.1, -0.05) is 0 Å². The Kier molecular flexibility index (Phi) is 4.97. The molecule has 0 spiro atoms. The number of methoxy groups -OCH3 is 1. The van der Waals surface area contributed by atoms with Gasteiger partial charge in [-0.3, -0.25) is 0 Å². The minimum Gasteiger partial charge on any atom is -0.495 e. The number of rotatable bonds is 6. The third-order valence-corrected chi connectivity index (χ3v) is 5.69. The fourth-order valence-electron chi connectivity index (χ4n) is 2.66. The van der Waals surface area contributed by atoms with Crippen molar-refractivity contribution in [3.05, 3.63) is 59.3 Å². The molecule has 6 nitrogen and oxygen atoms in total. The SMILES string of the molecule is COc1cc(C)c(C)cc1S(=O)(=O)NCCc1cn2cc(F)ccc2n1. The molecule has 1 N–H and O–H groups in total. The van der Waals surface area contributed by atoms with E-state index in [1.54, 1.807) is 28.8 Å². The van der Waals surface area contributed by atoms with Crippen molar-refractivity contribution < 1.29 is 17.5 Å². The number of sulfonamides is 1. The van der Waals surface area contributed by atoms with Crippen LogP contribution in [0.4, 0.5) is 4.39 Å². The first-order valence-electron chi connectivity index (χ1n) is 8.08. The maximum Gasteiger partial charge on any atom is 0.244 e. The minimum atomic E-state index is -3.72. The van der Waals surface area contributed by atoms with Gasteiger partial charge in [-0.25, -0.2) is 22.5 Å². The Balaban J connectivity index is 1.75. The topological polar surface area (TPSA) is 72.7 Å². The number of fused-ring (bicyclic) bond motifs is 1. The molecule has 138 valence electrons. The van der Waals surface area contributed by atoms with Gasteiger partial charge in [0.25, 0.3) is 0 Å². The molecular weight excluding hydrogens is 357 g/mol. The van der Waals surface area contributed by atoms with Crippen LogP contribution in [0.5, 0.6) is 5.75 Å². The smallest absolute Gasteiger partial charge is 0.244 e. The number of nitrogens with zero attached hydrogens (tertiary/aromatic N) is 2. The summed E-state index contributed by atoms with van der Waals surface area (Å²) in [5, 5.41) is 0. The van der Waals surface area contributed by atoms with E-state index >= 15 is 0 Å². The van der Waals surface area contributed by atoms with Crippen molar-refractivity contribution in [2.24, 2.45) is 0 Å². The standard InChI is InChI=1S/C18H20FN3O3S/c1-12-8-16(25-3)17(9-13(12)2)26(23,24)20-7-6-15-11-22-10-14(19)4-5-18(22)21-15/h4-5,8-11,20H,6-7H2,1-3H3. The number of pyridine rings is 1. The van der Waals surface area contributed by atoms with Crippen molar-refractivity contribution in [2.45, 2.75) is 25.2 Å². The summed E-state index contributed by atoms with van der Waals surface area (Å²) < 4.78 is 47.8. The van der Waals surface area contributed by atoms with Crippen LogP contribution >= 0.6 is 0 Å². The number of nitrogens with one attached hydrogen (secondary N) is 1. The molecule has 26 heavy (non-hydrogen) atoms. The van der Waals surface area contributed by atoms with Gasteiger partial charge in [0.15, 0.2) is 0 Å². The first kappa shape index (κ1) is 18.3. The Bertz CT molecular complexity index is 1060. The molecule has 0 aliphatic heterocycles. The molecule has 2 heterocycles. The van der Waals surface area contributed by atoms with Crippen molar-refractivity contribution in [1.29, 1.82) is 0 Å². The van der Waals surface area contributed by atoms with Crippen LogP contribution in [-0.2, 0) is 16.4 Å². The zero-order valence-electron chi connectivity index (χ0n) is 14.8. The molecule has 0 amide bonds. The summed E-state index contributed by atoms with van der Waals surface area (Å²) in [7, 11) is -2.28. The second kappa shape index (κ2) is 7.05. The zero-order chi connectivity index (χ0) is 18.9. The average Bonchev–Trinajstić information content (AvgIpc) is 2.98. The van der Waals surface area contributed by atoms with Crippen LogP contribution in [0.1, 0.15) is 16.8 Å². The van der Waals surface area contributed by atoms with Crippen LogP contribution in [0, 0.1) is 19.7 Å². The summed E-state index contributed by atoms with van der Waals surface area (Å²) in [5.74, 6) is -0.0483. The summed E-state index contributed by atoms with van der Waals surface area (Å²) in [6.07, 6.45) is 3.40. The van der Waals surface area contributed by atoms with E-state index in [4.69, 9.17) is 4.74 Å². The molecule has 0 saturated heterocycles. The van der Waals surface area contributed by atoms with E-state index < -0.39 is 10.0 Å². The van der Waals surface area contributed by atoms with Crippen LogP contribution in [0.15, 0.2) is 41.6 Å². The zero-order valence-corrected chi connectivity index (χ0v) is 15.6. The highest BCUT2D eigenvalue weighted by Crippen LogP contribution is 2.27. The Morgan fingerprint density at radius 3 is 2.65 bits per heavy atom. The molecule has 3 rings (SSSR count). The third kappa shape index (κ3) is 3.71. The highest BCUT2D eigenvalue weighted by Gasteiger charge is 2.20. The van der Waals surface area contributed by atoms with Crippen molar-refractivity contribution in [2.75, 3.05) is 13.7 Å². The van der Waals surface area contributed by atoms with Gasteiger partial charge in [0.05, 0.1) is 12.8 Å². The molecule has 0 atom stereocenters.